The normalized spacial score (nSPS) is 27.9. The Morgan fingerprint density at radius 2 is 1.77 bits per heavy atom. The number of hydrogen-bond acceptors (Lipinski definition) is 13. The van der Waals surface area contributed by atoms with Crippen molar-refractivity contribution in [3.05, 3.63) is 79.5 Å². The molecule has 0 radical (unpaired) electrons. The van der Waals surface area contributed by atoms with Crippen LogP contribution < -0.4 is 35.8 Å². The van der Waals surface area contributed by atoms with Gasteiger partial charge in [0.1, 0.15) is 34.9 Å². The third-order valence-corrected chi connectivity index (χ3v) is 12.9. The Kier molecular flexibility index (Phi) is 11.3. The van der Waals surface area contributed by atoms with Crippen LogP contribution in [0.2, 0.25) is 0 Å². The van der Waals surface area contributed by atoms with Gasteiger partial charge in [-0.15, -0.1) is 0 Å². The van der Waals surface area contributed by atoms with Crippen molar-refractivity contribution in [2.75, 3.05) is 37.4 Å². The van der Waals surface area contributed by atoms with Gasteiger partial charge in [0.15, 0.2) is 22.4 Å². The van der Waals surface area contributed by atoms with Crippen LogP contribution in [-0.2, 0) is 19.1 Å². The van der Waals surface area contributed by atoms with Crippen LogP contribution in [0.25, 0.3) is 38.7 Å². The maximum Gasteiger partial charge on any atom is 0.307 e. The average Bonchev–Trinajstić information content (AvgIpc) is 3.49. The Morgan fingerprint density at radius 1 is 1.03 bits per heavy atom. The molecule has 6 atom stereocenters. The summed E-state index contributed by atoms with van der Waals surface area (Å²) in [5.41, 5.74) is 0.0271. The summed E-state index contributed by atoms with van der Waals surface area (Å²) in [6.45, 7) is 13.9. The number of benzene rings is 3. The Labute approximate surface area is 359 Å². The number of piperidine rings is 1. The highest BCUT2D eigenvalue weighted by Crippen LogP contribution is 2.44. The first-order valence-electron chi connectivity index (χ1n) is 21.6. The van der Waals surface area contributed by atoms with Gasteiger partial charge >= 0.3 is 11.8 Å². The molecule has 1 saturated heterocycles. The van der Waals surface area contributed by atoms with Gasteiger partial charge in [-0.05, 0) is 78.0 Å². The van der Waals surface area contributed by atoms with Crippen molar-refractivity contribution in [2.24, 2.45) is 17.8 Å². The van der Waals surface area contributed by atoms with Gasteiger partial charge in [0.2, 0.25) is 10.9 Å². The molecular weight excluding hydrogens is 793 g/mol. The van der Waals surface area contributed by atoms with Crippen LogP contribution in [0.1, 0.15) is 79.2 Å². The number of hydrogen-bond donors (Lipinski definition) is 2. The smallest absolute Gasteiger partial charge is 0.307 e. The lowest BCUT2D eigenvalue weighted by Gasteiger charge is -2.36. The molecule has 0 aliphatic carbocycles. The third kappa shape index (κ3) is 7.67. The topological polar surface area (TPSA) is 170 Å². The number of carbonyl (C=O) groups excluding carboxylic acids is 2. The first-order chi connectivity index (χ1) is 29.4. The molecule has 2 N–H and O–H groups in total. The SMILES string of the molecule is CC(=O)OC1C2C[C@H](C)CC(C)/C=C/C=C(/C)C(=O)Nc3c(=O)c4c(c(C)c5c(c4c4nc6c(=O)cc(N7CCC(N(C)C)CC7)cc6oc34)=C(O)[C@@](C)(O/C=C/C[C@H]1C)O5)O2. The zero-order valence-electron chi connectivity index (χ0n) is 36.9. The second-order valence-corrected chi connectivity index (χ2v) is 18.0. The quantitative estimate of drug-likeness (QED) is 0.124. The molecule has 3 aromatic carbocycles. The van der Waals surface area contributed by atoms with Gasteiger partial charge in [-0.1, -0.05) is 39.0 Å². The van der Waals surface area contributed by atoms with E-state index in [2.05, 4.69) is 43.1 Å². The molecule has 4 aliphatic heterocycles. The molecule has 8 rings (SSSR count). The van der Waals surface area contributed by atoms with E-state index in [1.54, 1.807) is 45.1 Å². The highest BCUT2D eigenvalue weighted by molar-refractivity contribution is 6.17. The van der Waals surface area contributed by atoms with E-state index in [-0.39, 0.29) is 78.9 Å². The number of aliphatic hydroxyl groups excluding tert-OH is 1. The molecule has 6 bridgehead atoms. The highest BCUT2D eigenvalue weighted by atomic mass is 16.7. The highest BCUT2D eigenvalue weighted by Gasteiger charge is 2.45. The monoisotopic (exact) mass is 848 g/mol. The minimum Gasteiger partial charge on any atom is -0.505 e. The summed E-state index contributed by atoms with van der Waals surface area (Å²) in [5, 5.41) is 15.2. The maximum absolute atomic E-state index is 15.5. The second-order valence-electron chi connectivity index (χ2n) is 18.0. The van der Waals surface area contributed by atoms with Crippen LogP contribution >= 0.6 is 0 Å². The summed E-state index contributed by atoms with van der Waals surface area (Å²) in [7, 11) is 4.13. The first-order valence-corrected chi connectivity index (χ1v) is 21.6. The summed E-state index contributed by atoms with van der Waals surface area (Å²) in [6.07, 6.45) is 10.6. The van der Waals surface area contributed by atoms with Crippen LogP contribution in [0, 0.1) is 24.7 Å². The van der Waals surface area contributed by atoms with Gasteiger partial charge in [0.25, 0.3) is 5.91 Å². The van der Waals surface area contributed by atoms with Crippen LogP contribution in [-0.4, -0.2) is 78.1 Å². The predicted octanol–water partition coefficient (Wildman–Crippen LogP) is 6.94. The lowest BCUT2D eigenvalue weighted by Crippen LogP contribution is -2.42. The summed E-state index contributed by atoms with van der Waals surface area (Å²) in [6, 6.07) is 3.70. The van der Waals surface area contributed by atoms with Crippen LogP contribution in [0.5, 0.6) is 11.5 Å². The number of aliphatic hydroxyl groups is 1. The summed E-state index contributed by atoms with van der Waals surface area (Å²) >= 11 is 0. The Morgan fingerprint density at radius 3 is 2.48 bits per heavy atom. The molecule has 3 unspecified atom stereocenters. The van der Waals surface area contributed by atoms with Crippen molar-refractivity contribution in [2.45, 2.75) is 105 Å². The van der Waals surface area contributed by atoms with Crippen LogP contribution in [0.15, 0.2) is 62.3 Å². The van der Waals surface area contributed by atoms with Crippen molar-refractivity contribution >= 4 is 62.0 Å². The number of allylic oxidation sites excluding steroid dienone is 4. The fourth-order valence-electron chi connectivity index (χ4n) is 9.53. The summed E-state index contributed by atoms with van der Waals surface area (Å²) in [5.74, 6) is -3.06. The van der Waals surface area contributed by atoms with E-state index >= 15 is 4.79 Å². The van der Waals surface area contributed by atoms with E-state index in [1.807, 2.05) is 19.1 Å². The van der Waals surface area contributed by atoms with Gasteiger partial charge < -0.3 is 43.6 Å². The van der Waals surface area contributed by atoms with E-state index in [4.69, 9.17) is 28.3 Å². The molecule has 4 aromatic rings. The largest absolute Gasteiger partial charge is 0.505 e. The number of nitrogens with one attached hydrogen (secondary N) is 1. The number of ether oxygens (including phenoxy) is 4. The molecule has 14 nitrogen and oxygen atoms in total. The van der Waals surface area contributed by atoms with Gasteiger partial charge in [-0.2, -0.15) is 0 Å². The number of nitrogens with zero attached hydrogens (tertiary/aromatic N) is 3. The van der Waals surface area contributed by atoms with Crippen molar-refractivity contribution in [1.29, 1.82) is 0 Å². The Hall–Kier alpha value is -5.89. The molecule has 1 aromatic heterocycles. The van der Waals surface area contributed by atoms with Gasteiger partial charge in [0, 0.05) is 73.2 Å². The number of amides is 1. The van der Waals surface area contributed by atoms with Crippen molar-refractivity contribution in [3.63, 3.8) is 0 Å². The molecule has 4 aliphatic rings. The molecule has 5 heterocycles. The predicted molar refractivity (Wildman–Crippen MR) is 239 cm³/mol. The van der Waals surface area contributed by atoms with Crippen molar-refractivity contribution in [3.8, 4) is 11.5 Å². The van der Waals surface area contributed by atoms with E-state index in [9.17, 15) is 19.5 Å². The number of aromatic nitrogens is 1. The fraction of sp³-hybridized carbons (Fsp3) is 0.479. The third-order valence-electron chi connectivity index (χ3n) is 12.9. The molecule has 1 amide bonds. The number of esters is 1. The number of fused-ring (bicyclic) bond motifs is 8. The number of carbonyl (C=O) groups is 2. The lowest BCUT2D eigenvalue weighted by molar-refractivity contribution is -0.155. The Bertz CT molecular complexity index is 2770. The zero-order chi connectivity index (χ0) is 44.4. The molecule has 62 heavy (non-hydrogen) atoms. The summed E-state index contributed by atoms with van der Waals surface area (Å²) in [4.78, 5) is 65.8. The average molecular weight is 849 g/mol. The van der Waals surface area contributed by atoms with Crippen LogP contribution in [0.3, 0.4) is 0 Å². The standard InChI is InChI=1S/C48H56N4O10/c1-24-12-10-13-27(4)47(57)50-40-41(55)36-35(39-45(40)60-33-23-31(22-32(54)38(33)49-39)52-17-15-30(16-18-52)51(8)9)37-44-28(5)43(36)61-34(21-25(2)20-24)42(59-29(6)53)26(3)14-11-19-58-48(7,62-44)46(37)56/h10-13,19,22-26,30,34,42,56H,14-18,20-21H2,1-9H3,(H,50,57)/b12-10+,19-11+,27-13-/t24?,25-,26-,34?,42?,48+/m1/s1. The van der Waals surface area contributed by atoms with E-state index in [0.717, 1.165) is 32.4 Å². The van der Waals surface area contributed by atoms with Crippen molar-refractivity contribution in [1.82, 2.24) is 9.88 Å². The van der Waals surface area contributed by atoms with Crippen LogP contribution in [0.4, 0.5) is 11.4 Å². The van der Waals surface area contributed by atoms with Gasteiger partial charge in [0.05, 0.1) is 16.9 Å². The van der Waals surface area contributed by atoms with Gasteiger partial charge in [-0.3, -0.25) is 19.2 Å². The second kappa shape index (κ2) is 16.4. The van der Waals surface area contributed by atoms with Gasteiger partial charge in [-0.25, -0.2) is 4.98 Å². The first kappa shape index (κ1) is 42.8. The number of anilines is 2. The van der Waals surface area contributed by atoms with Crippen molar-refractivity contribution < 1.29 is 38.1 Å². The summed E-state index contributed by atoms with van der Waals surface area (Å²) < 4.78 is 32.5. The minimum atomic E-state index is -1.76. The Balaban J connectivity index is 1.49. The zero-order valence-corrected chi connectivity index (χ0v) is 36.9. The molecule has 0 saturated carbocycles. The lowest BCUT2D eigenvalue weighted by atomic mass is 9.86. The molecule has 328 valence electrons. The van der Waals surface area contributed by atoms with E-state index in [0.29, 0.717) is 35.7 Å². The van der Waals surface area contributed by atoms with E-state index in [1.165, 1.54) is 13.2 Å². The molecule has 0 spiro atoms. The molecule has 14 heteroatoms. The fourth-order valence-corrected chi connectivity index (χ4v) is 9.53. The minimum absolute atomic E-state index is 0.00785. The molecule has 1 fully saturated rings. The number of rotatable bonds is 3. The van der Waals surface area contributed by atoms with E-state index < -0.39 is 40.7 Å². The maximum atomic E-state index is 15.5. The molecular formula is C48H56N4O10.